The van der Waals surface area contributed by atoms with Gasteiger partial charge in [-0.05, 0) is 45.0 Å². The number of aromatic nitrogens is 2. The maximum Gasteiger partial charge on any atom is 0.124 e. The standard InChI is InChI=1S/C16H22ClN3/c1-12-6-5-8-14-16(12)18-15(10-17)20(14)11-13-7-3-4-9-19(13)2/h5-6,8,13H,3-4,7,9-11H2,1-2H3. The zero-order chi connectivity index (χ0) is 14.1. The number of halogens is 1. The second-order valence-electron chi connectivity index (χ2n) is 5.85. The fourth-order valence-electron chi connectivity index (χ4n) is 3.23. The molecule has 1 aromatic carbocycles. The third kappa shape index (κ3) is 2.45. The molecule has 1 unspecified atom stereocenters. The summed E-state index contributed by atoms with van der Waals surface area (Å²) in [5, 5.41) is 0. The van der Waals surface area contributed by atoms with Crippen LogP contribution in [0.3, 0.4) is 0 Å². The minimum Gasteiger partial charge on any atom is -0.325 e. The molecule has 0 aliphatic carbocycles. The molecule has 3 rings (SSSR count). The molecule has 1 aromatic heterocycles. The van der Waals surface area contributed by atoms with Crippen molar-refractivity contribution >= 4 is 22.6 Å². The molecule has 2 aromatic rings. The molecule has 2 heterocycles. The van der Waals surface area contributed by atoms with Crippen molar-refractivity contribution in [3.05, 3.63) is 29.6 Å². The van der Waals surface area contributed by atoms with Crippen LogP contribution >= 0.6 is 11.6 Å². The first kappa shape index (κ1) is 13.9. The van der Waals surface area contributed by atoms with E-state index in [-0.39, 0.29) is 0 Å². The first-order chi connectivity index (χ1) is 9.70. The molecule has 0 spiro atoms. The average molecular weight is 292 g/mol. The lowest BCUT2D eigenvalue weighted by molar-refractivity contribution is 0.168. The van der Waals surface area contributed by atoms with Crippen molar-refractivity contribution in [2.24, 2.45) is 0 Å². The van der Waals surface area contributed by atoms with E-state index in [9.17, 15) is 0 Å². The van der Waals surface area contributed by atoms with Crippen LogP contribution in [0.1, 0.15) is 30.7 Å². The van der Waals surface area contributed by atoms with Gasteiger partial charge in [-0.2, -0.15) is 0 Å². The first-order valence-corrected chi connectivity index (χ1v) is 7.95. The minimum absolute atomic E-state index is 0.477. The SMILES string of the molecule is Cc1cccc2c1nc(CCl)n2CC1CCCCN1C. The molecule has 1 fully saturated rings. The lowest BCUT2D eigenvalue weighted by Gasteiger charge is -2.33. The summed E-state index contributed by atoms with van der Waals surface area (Å²) < 4.78 is 2.32. The molecule has 0 amide bonds. The van der Waals surface area contributed by atoms with E-state index in [2.05, 4.69) is 41.6 Å². The molecule has 1 atom stereocenters. The Labute approximate surface area is 125 Å². The van der Waals surface area contributed by atoms with Crippen LogP contribution in [-0.4, -0.2) is 34.1 Å². The third-order valence-corrected chi connectivity index (χ3v) is 4.73. The van der Waals surface area contributed by atoms with Gasteiger partial charge in [-0.1, -0.05) is 18.6 Å². The van der Waals surface area contributed by atoms with Gasteiger partial charge in [0.2, 0.25) is 0 Å². The number of imidazole rings is 1. The number of fused-ring (bicyclic) bond motifs is 1. The van der Waals surface area contributed by atoms with E-state index < -0.39 is 0 Å². The highest BCUT2D eigenvalue weighted by Crippen LogP contribution is 2.24. The second-order valence-corrected chi connectivity index (χ2v) is 6.11. The Balaban J connectivity index is 1.99. The number of hydrogen-bond donors (Lipinski definition) is 0. The van der Waals surface area contributed by atoms with Crippen LogP contribution in [0.5, 0.6) is 0 Å². The largest absolute Gasteiger partial charge is 0.325 e. The average Bonchev–Trinajstić information content (AvgIpc) is 2.81. The second kappa shape index (κ2) is 5.74. The molecule has 1 aliphatic heterocycles. The zero-order valence-electron chi connectivity index (χ0n) is 12.3. The van der Waals surface area contributed by atoms with Crippen molar-refractivity contribution in [1.29, 1.82) is 0 Å². The van der Waals surface area contributed by atoms with Gasteiger partial charge in [0, 0.05) is 12.6 Å². The molecule has 108 valence electrons. The fourth-order valence-corrected chi connectivity index (χ4v) is 3.43. The Morgan fingerprint density at radius 2 is 2.20 bits per heavy atom. The lowest BCUT2D eigenvalue weighted by Crippen LogP contribution is -2.39. The highest BCUT2D eigenvalue weighted by atomic mass is 35.5. The number of rotatable bonds is 3. The van der Waals surface area contributed by atoms with Crippen LogP contribution in [0.15, 0.2) is 18.2 Å². The summed E-state index contributed by atoms with van der Waals surface area (Å²) in [7, 11) is 2.23. The number of aryl methyl sites for hydroxylation is 1. The number of likely N-dealkylation sites (N-methyl/N-ethyl adjacent to an activating group) is 1. The van der Waals surface area contributed by atoms with E-state index >= 15 is 0 Å². The van der Waals surface area contributed by atoms with Crippen molar-refractivity contribution in [3.8, 4) is 0 Å². The summed E-state index contributed by atoms with van der Waals surface area (Å²) in [6.07, 6.45) is 3.92. The van der Waals surface area contributed by atoms with Crippen molar-refractivity contribution < 1.29 is 0 Å². The van der Waals surface area contributed by atoms with E-state index in [1.54, 1.807) is 0 Å². The van der Waals surface area contributed by atoms with Gasteiger partial charge in [0.1, 0.15) is 5.82 Å². The first-order valence-electron chi connectivity index (χ1n) is 7.41. The van der Waals surface area contributed by atoms with E-state index in [0.717, 1.165) is 17.9 Å². The number of likely N-dealkylation sites (tertiary alicyclic amines) is 1. The van der Waals surface area contributed by atoms with Gasteiger partial charge >= 0.3 is 0 Å². The zero-order valence-corrected chi connectivity index (χ0v) is 13.0. The molecule has 0 N–H and O–H groups in total. The van der Waals surface area contributed by atoms with Crippen molar-refractivity contribution in [1.82, 2.24) is 14.5 Å². The maximum atomic E-state index is 6.11. The molecule has 1 saturated heterocycles. The Hall–Kier alpha value is -1.06. The van der Waals surface area contributed by atoms with Crippen LogP contribution in [0, 0.1) is 6.92 Å². The van der Waals surface area contributed by atoms with E-state index in [1.165, 1.54) is 36.9 Å². The van der Waals surface area contributed by atoms with E-state index in [4.69, 9.17) is 16.6 Å². The van der Waals surface area contributed by atoms with Crippen LogP contribution < -0.4 is 0 Å². The number of piperidine rings is 1. The molecule has 20 heavy (non-hydrogen) atoms. The summed E-state index contributed by atoms with van der Waals surface area (Å²) >= 11 is 6.11. The molecule has 0 bridgehead atoms. The van der Waals surface area contributed by atoms with Gasteiger partial charge in [0.25, 0.3) is 0 Å². The lowest BCUT2D eigenvalue weighted by atomic mass is 10.0. The summed E-state index contributed by atoms with van der Waals surface area (Å²) in [5.41, 5.74) is 3.55. The maximum absolute atomic E-state index is 6.11. The molecule has 0 saturated carbocycles. The Bertz CT molecular complexity index is 605. The quantitative estimate of drug-likeness (QED) is 0.806. The number of hydrogen-bond acceptors (Lipinski definition) is 2. The topological polar surface area (TPSA) is 21.1 Å². The number of para-hydroxylation sites is 1. The Morgan fingerprint density at radius 1 is 1.35 bits per heavy atom. The van der Waals surface area contributed by atoms with Crippen LogP contribution in [-0.2, 0) is 12.4 Å². The molecule has 4 heteroatoms. The molecule has 3 nitrogen and oxygen atoms in total. The van der Waals surface area contributed by atoms with E-state index in [0.29, 0.717) is 11.9 Å². The molecular weight excluding hydrogens is 270 g/mol. The van der Waals surface area contributed by atoms with Gasteiger partial charge in [-0.3, -0.25) is 0 Å². The van der Waals surface area contributed by atoms with E-state index in [1.807, 2.05) is 0 Å². The van der Waals surface area contributed by atoms with Gasteiger partial charge in [-0.15, -0.1) is 11.6 Å². The van der Waals surface area contributed by atoms with Crippen molar-refractivity contribution in [3.63, 3.8) is 0 Å². The van der Waals surface area contributed by atoms with Crippen LogP contribution in [0.25, 0.3) is 11.0 Å². The molecule has 0 radical (unpaired) electrons. The minimum atomic E-state index is 0.477. The smallest absolute Gasteiger partial charge is 0.124 e. The van der Waals surface area contributed by atoms with Crippen molar-refractivity contribution in [2.75, 3.05) is 13.6 Å². The predicted octanol–water partition coefficient (Wildman–Crippen LogP) is 3.57. The van der Waals surface area contributed by atoms with Crippen LogP contribution in [0.2, 0.25) is 0 Å². The fraction of sp³-hybridized carbons (Fsp3) is 0.562. The highest BCUT2D eigenvalue weighted by molar-refractivity contribution is 6.16. The normalized spacial score (nSPS) is 20.6. The predicted molar refractivity (Wildman–Crippen MR) is 84.3 cm³/mol. The monoisotopic (exact) mass is 291 g/mol. The molecule has 1 aliphatic rings. The van der Waals surface area contributed by atoms with Gasteiger partial charge in [-0.25, -0.2) is 4.98 Å². The van der Waals surface area contributed by atoms with Crippen molar-refractivity contribution in [2.45, 2.75) is 44.7 Å². The van der Waals surface area contributed by atoms with Crippen LogP contribution in [0.4, 0.5) is 0 Å². The third-order valence-electron chi connectivity index (χ3n) is 4.49. The summed E-state index contributed by atoms with van der Waals surface area (Å²) in [6, 6.07) is 6.99. The number of alkyl halides is 1. The number of benzene rings is 1. The summed E-state index contributed by atoms with van der Waals surface area (Å²) in [4.78, 5) is 7.21. The van der Waals surface area contributed by atoms with Gasteiger partial charge in [0.05, 0.1) is 16.9 Å². The summed E-state index contributed by atoms with van der Waals surface area (Å²) in [6.45, 7) is 4.31. The van der Waals surface area contributed by atoms with Gasteiger partial charge < -0.3 is 9.47 Å². The highest BCUT2D eigenvalue weighted by Gasteiger charge is 2.21. The number of nitrogens with zero attached hydrogens (tertiary/aromatic N) is 3. The Kier molecular flexibility index (Phi) is 3.99. The Morgan fingerprint density at radius 3 is 2.95 bits per heavy atom. The molecular formula is C16H22ClN3. The summed E-state index contributed by atoms with van der Waals surface area (Å²) in [5.74, 6) is 1.47. The van der Waals surface area contributed by atoms with Gasteiger partial charge in [0.15, 0.2) is 0 Å².